The number of hydrogen-bond acceptors (Lipinski definition) is 6. The van der Waals surface area contributed by atoms with Crippen molar-refractivity contribution in [3.8, 4) is 0 Å². The van der Waals surface area contributed by atoms with Crippen LogP contribution in [0.3, 0.4) is 0 Å². The van der Waals surface area contributed by atoms with E-state index in [9.17, 15) is 4.79 Å². The Kier molecular flexibility index (Phi) is 5.19. The van der Waals surface area contributed by atoms with E-state index in [4.69, 9.17) is 16.1 Å². The third-order valence-electron chi connectivity index (χ3n) is 3.68. The van der Waals surface area contributed by atoms with Crippen LogP contribution in [0, 0.1) is 0 Å². The van der Waals surface area contributed by atoms with E-state index in [2.05, 4.69) is 25.3 Å². The van der Waals surface area contributed by atoms with Crippen LogP contribution in [0.25, 0.3) is 0 Å². The standard InChI is InChI=1S/C15H18ClN5O2/c16-11-4-5-12(17-8-11)15(22)18-9-14-19-13(20-23-14)10-21-6-2-1-3-7-21/h4-5,8H,1-3,6-7,9-10H2,(H,18,22). The predicted molar refractivity (Wildman–Crippen MR) is 83.8 cm³/mol. The second kappa shape index (κ2) is 7.52. The summed E-state index contributed by atoms with van der Waals surface area (Å²) >= 11 is 5.74. The fourth-order valence-corrected chi connectivity index (χ4v) is 2.61. The van der Waals surface area contributed by atoms with Crippen LogP contribution in [0.5, 0.6) is 0 Å². The molecular formula is C15H18ClN5O2. The molecule has 0 radical (unpaired) electrons. The summed E-state index contributed by atoms with van der Waals surface area (Å²) in [6.45, 7) is 3.01. The van der Waals surface area contributed by atoms with E-state index < -0.39 is 0 Å². The van der Waals surface area contributed by atoms with Crippen molar-refractivity contribution >= 4 is 17.5 Å². The summed E-state index contributed by atoms with van der Waals surface area (Å²) < 4.78 is 5.17. The van der Waals surface area contributed by atoms with Gasteiger partial charge >= 0.3 is 0 Å². The lowest BCUT2D eigenvalue weighted by atomic mass is 10.1. The van der Waals surface area contributed by atoms with Crippen LogP contribution in [0.15, 0.2) is 22.9 Å². The van der Waals surface area contributed by atoms with Gasteiger partial charge in [0, 0.05) is 6.20 Å². The summed E-state index contributed by atoms with van der Waals surface area (Å²) in [7, 11) is 0. The molecule has 2 aromatic heterocycles. The minimum atomic E-state index is -0.308. The highest BCUT2D eigenvalue weighted by molar-refractivity contribution is 6.30. The zero-order valence-electron chi connectivity index (χ0n) is 12.7. The number of amides is 1. The molecule has 3 rings (SSSR count). The van der Waals surface area contributed by atoms with E-state index in [0.29, 0.717) is 29.0 Å². The molecule has 2 aromatic rings. The lowest BCUT2D eigenvalue weighted by Gasteiger charge is -2.24. The Morgan fingerprint density at radius 2 is 2.13 bits per heavy atom. The van der Waals surface area contributed by atoms with E-state index in [-0.39, 0.29) is 12.5 Å². The molecule has 1 amide bonds. The van der Waals surface area contributed by atoms with Crippen molar-refractivity contribution in [3.05, 3.63) is 40.8 Å². The van der Waals surface area contributed by atoms with Gasteiger partial charge in [-0.2, -0.15) is 4.98 Å². The number of hydrogen-bond donors (Lipinski definition) is 1. The lowest BCUT2D eigenvalue weighted by Crippen LogP contribution is -2.29. The quantitative estimate of drug-likeness (QED) is 0.900. The summed E-state index contributed by atoms with van der Waals surface area (Å²) in [5.74, 6) is 0.734. The predicted octanol–water partition coefficient (Wildman–Crippen LogP) is 2.03. The lowest BCUT2D eigenvalue weighted by molar-refractivity contribution is 0.0941. The number of aromatic nitrogens is 3. The molecule has 1 aliphatic heterocycles. The van der Waals surface area contributed by atoms with Crippen molar-refractivity contribution in [2.45, 2.75) is 32.4 Å². The van der Waals surface area contributed by atoms with Gasteiger partial charge in [-0.05, 0) is 38.1 Å². The normalized spacial score (nSPS) is 15.5. The molecular weight excluding hydrogens is 318 g/mol. The van der Waals surface area contributed by atoms with E-state index >= 15 is 0 Å². The van der Waals surface area contributed by atoms with Crippen molar-refractivity contribution in [2.24, 2.45) is 0 Å². The van der Waals surface area contributed by atoms with Crippen molar-refractivity contribution in [3.63, 3.8) is 0 Å². The molecule has 0 bridgehead atoms. The van der Waals surface area contributed by atoms with Crippen LogP contribution in [-0.4, -0.2) is 39.0 Å². The zero-order valence-corrected chi connectivity index (χ0v) is 13.4. The van der Waals surface area contributed by atoms with Crippen molar-refractivity contribution in [2.75, 3.05) is 13.1 Å². The van der Waals surface area contributed by atoms with Crippen LogP contribution < -0.4 is 5.32 Å². The maximum absolute atomic E-state index is 11.9. The van der Waals surface area contributed by atoms with Crippen LogP contribution in [0.1, 0.15) is 41.5 Å². The van der Waals surface area contributed by atoms with E-state index in [1.807, 2.05) is 0 Å². The molecule has 122 valence electrons. The minimum Gasteiger partial charge on any atom is -0.342 e. The molecule has 0 spiro atoms. The first-order valence-electron chi connectivity index (χ1n) is 7.64. The number of carbonyl (C=O) groups excluding carboxylic acids is 1. The summed E-state index contributed by atoms with van der Waals surface area (Å²) in [4.78, 5) is 22.5. The van der Waals surface area contributed by atoms with Gasteiger partial charge in [0.1, 0.15) is 5.69 Å². The molecule has 0 aliphatic carbocycles. The molecule has 1 aliphatic rings. The third kappa shape index (κ3) is 4.49. The van der Waals surface area contributed by atoms with Gasteiger partial charge in [-0.3, -0.25) is 9.69 Å². The van der Waals surface area contributed by atoms with Gasteiger partial charge in [-0.1, -0.05) is 23.2 Å². The Hall–Kier alpha value is -1.99. The number of pyridine rings is 1. The molecule has 0 aromatic carbocycles. The third-order valence-corrected chi connectivity index (χ3v) is 3.91. The van der Waals surface area contributed by atoms with Crippen molar-refractivity contribution < 1.29 is 9.32 Å². The van der Waals surface area contributed by atoms with E-state index in [1.165, 1.54) is 25.5 Å². The van der Waals surface area contributed by atoms with Crippen molar-refractivity contribution in [1.82, 2.24) is 25.3 Å². The van der Waals surface area contributed by atoms with E-state index in [1.54, 1.807) is 12.1 Å². The van der Waals surface area contributed by atoms with Gasteiger partial charge in [0.2, 0.25) is 5.89 Å². The number of likely N-dealkylation sites (tertiary alicyclic amines) is 1. The molecule has 7 nitrogen and oxygen atoms in total. The molecule has 1 saturated heterocycles. The number of halogens is 1. The molecule has 0 unspecified atom stereocenters. The highest BCUT2D eigenvalue weighted by Crippen LogP contribution is 2.11. The highest BCUT2D eigenvalue weighted by Gasteiger charge is 2.15. The summed E-state index contributed by atoms with van der Waals surface area (Å²) in [6.07, 6.45) is 5.16. The first-order chi connectivity index (χ1) is 11.2. The molecule has 8 heteroatoms. The summed E-state index contributed by atoms with van der Waals surface area (Å²) in [6, 6.07) is 3.18. The first kappa shape index (κ1) is 15.9. The van der Waals surface area contributed by atoms with E-state index in [0.717, 1.165) is 13.1 Å². The van der Waals surface area contributed by atoms with Gasteiger partial charge < -0.3 is 9.84 Å². The number of rotatable bonds is 5. The second-order valence-corrected chi connectivity index (χ2v) is 5.92. The van der Waals surface area contributed by atoms with Gasteiger partial charge in [-0.25, -0.2) is 4.98 Å². The number of nitrogens with one attached hydrogen (secondary N) is 1. The average Bonchev–Trinajstić information content (AvgIpc) is 3.02. The Morgan fingerprint density at radius 3 is 2.87 bits per heavy atom. The van der Waals surface area contributed by atoms with Crippen LogP contribution in [0.2, 0.25) is 5.02 Å². The Morgan fingerprint density at radius 1 is 1.30 bits per heavy atom. The Balaban J connectivity index is 1.50. The topological polar surface area (TPSA) is 84.2 Å². The van der Waals surface area contributed by atoms with Gasteiger partial charge in [-0.15, -0.1) is 0 Å². The van der Waals surface area contributed by atoms with Gasteiger partial charge in [0.15, 0.2) is 5.82 Å². The molecule has 0 atom stereocenters. The monoisotopic (exact) mass is 335 g/mol. The molecule has 3 heterocycles. The summed E-state index contributed by atoms with van der Waals surface area (Å²) in [5, 5.41) is 7.14. The first-order valence-corrected chi connectivity index (χ1v) is 8.02. The maximum Gasteiger partial charge on any atom is 0.270 e. The fraction of sp³-hybridized carbons (Fsp3) is 0.467. The highest BCUT2D eigenvalue weighted by atomic mass is 35.5. The largest absolute Gasteiger partial charge is 0.342 e. The van der Waals surface area contributed by atoms with Crippen molar-refractivity contribution in [1.29, 1.82) is 0 Å². The molecule has 1 N–H and O–H groups in total. The van der Waals surface area contributed by atoms with Crippen LogP contribution in [0.4, 0.5) is 0 Å². The molecule has 1 fully saturated rings. The fourth-order valence-electron chi connectivity index (χ4n) is 2.50. The molecule has 0 saturated carbocycles. The second-order valence-electron chi connectivity index (χ2n) is 5.49. The summed E-state index contributed by atoms with van der Waals surface area (Å²) in [5.41, 5.74) is 0.294. The SMILES string of the molecule is O=C(NCc1nc(CN2CCCCC2)no1)c1ccc(Cl)cn1. The maximum atomic E-state index is 11.9. The number of nitrogens with zero attached hydrogens (tertiary/aromatic N) is 4. The number of piperidine rings is 1. The van der Waals surface area contributed by atoms with Crippen LogP contribution in [-0.2, 0) is 13.1 Å². The zero-order chi connectivity index (χ0) is 16.1. The Bertz CT molecular complexity index is 652. The number of carbonyl (C=O) groups is 1. The van der Waals surface area contributed by atoms with Gasteiger partial charge in [0.05, 0.1) is 18.1 Å². The minimum absolute atomic E-state index is 0.177. The average molecular weight is 336 g/mol. The van der Waals surface area contributed by atoms with Gasteiger partial charge in [0.25, 0.3) is 5.91 Å². The Labute approximate surface area is 139 Å². The van der Waals surface area contributed by atoms with Crippen LogP contribution >= 0.6 is 11.6 Å². The molecule has 23 heavy (non-hydrogen) atoms. The smallest absolute Gasteiger partial charge is 0.270 e.